The predicted molar refractivity (Wildman–Crippen MR) is 71.8 cm³/mol. The van der Waals surface area contributed by atoms with Crippen molar-refractivity contribution < 1.29 is 4.74 Å². The number of halogens is 1. The molecule has 1 atom stereocenters. The Kier molecular flexibility index (Phi) is 3.22. The molecule has 0 radical (unpaired) electrons. The Balaban J connectivity index is 1.79. The Morgan fingerprint density at radius 1 is 1.44 bits per heavy atom. The van der Waals surface area contributed by atoms with Crippen LogP contribution >= 0.6 is 15.9 Å². The highest BCUT2D eigenvalue weighted by Gasteiger charge is 2.19. The first-order valence-corrected chi connectivity index (χ1v) is 6.87. The molecule has 0 N–H and O–H groups in total. The van der Waals surface area contributed by atoms with Gasteiger partial charge in [-0.2, -0.15) is 0 Å². The first kappa shape index (κ1) is 11.9. The van der Waals surface area contributed by atoms with Crippen LogP contribution in [0.4, 0.5) is 0 Å². The summed E-state index contributed by atoms with van der Waals surface area (Å²) in [7, 11) is 2.12. The van der Waals surface area contributed by atoms with Crippen molar-refractivity contribution in [1.82, 2.24) is 19.5 Å². The van der Waals surface area contributed by atoms with Crippen molar-refractivity contribution in [2.24, 2.45) is 0 Å². The number of likely N-dealkylation sites (N-methyl/N-ethyl adjacent to an activating group) is 1. The van der Waals surface area contributed by atoms with Crippen LogP contribution in [-0.4, -0.2) is 45.7 Å². The average Bonchev–Trinajstić information content (AvgIpc) is 2.71. The van der Waals surface area contributed by atoms with E-state index >= 15 is 0 Å². The van der Waals surface area contributed by atoms with Crippen molar-refractivity contribution in [3.8, 4) is 5.88 Å². The van der Waals surface area contributed by atoms with Crippen LogP contribution in [-0.2, 0) is 0 Å². The molecule has 0 bridgehead atoms. The van der Waals surface area contributed by atoms with E-state index in [0.29, 0.717) is 5.88 Å². The van der Waals surface area contributed by atoms with Gasteiger partial charge in [0, 0.05) is 12.6 Å². The van der Waals surface area contributed by atoms with Crippen LogP contribution in [0, 0.1) is 0 Å². The van der Waals surface area contributed by atoms with Gasteiger partial charge in [0.05, 0.1) is 6.20 Å². The lowest BCUT2D eigenvalue weighted by molar-refractivity contribution is 0.0988. The van der Waals surface area contributed by atoms with Crippen LogP contribution in [0.25, 0.3) is 5.65 Å². The minimum atomic E-state index is 0.232. The van der Waals surface area contributed by atoms with Gasteiger partial charge in [0.15, 0.2) is 5.65 Å². The summed E-state index contributed by atoms with van der Waals surface area (Å²) in [5.41, 5.74) is 0.815. The fourth-order valence-electron chi connectivity index (χ4n) is 2.28. The average molecular weight is 311 g/mol. The van der Waals surface area contributed by atoms with E-state index in [2.05, 4.69) is 38.0 Å². The fourth-order valence-corrected chi connectivity index (χ4v) is 2.64. The molecule has 18 heavy (non-hydrogen) atoms. The van der Waals surface area contributed by atoms with Gasteiger partial charge in [0.2, 0.25) is 5.88 Å². The molecule has 0 aliphatic carbocycles. The monoisotopic (exact) mass is 310 g/mol. The second-order valence-corrected chi connectivity index (χ2v) is 5.48. The maximum Gasteiger partial charge on any atom is 0.232 e. The molecule has 1 saturated heterocycles. The van der Waals surface area contributed by atoms with Gasteiger partial charge in [0.25, 0.3) is 0 Å². The van der Waals surface area contributed by atoms with Gasteiger partial charge in [0.1, 0.15) is 10.7 Å². The molecule has 1 unspecified atom stereocenters. The molecule has 0 amide bonds. The van der Waals surface area contributed by atoms with Crippen LogP contribution in [0.3, 0.4) is 0 Å². The van der Waals surface area contributed by atoms with E-state index in [1.165, 1.54) is 6.42 Å². The molecule has 0 saturated carbocycles. The highest BCUT2D eigenvalue weighted by Crippen LogP contribution is 2.18. The standard InChI is InChI=1S/C12H15BrN4O/c1-16-6-2-3-9(8-16)18-12-5-4-11-14-7-10(13)17(11)15-12/h4-5,7,9H,2-3,6,8H2,1H3. The summed E-state index contributed by atoms with van der Waals surface area (Å²) in [5.74, 6) is 0.654. The maximum absolute atomic E-state index is 5.94. The maximum atomic E-state index is 5.94. The smallest absolute Gasteiger partial charge is 0.232 e. The van der Waals surface area contributed by atoms with E-state index in [4.69, 9.17) is 4.74 Å². The van der Waals surface area contributed by atoms with Gasteiger partial charge in [-0.3, -0.25) is 0 Å². The van der Waals surface area contributed by atoms with Gasteiger partial charge in [-0.25, -0.2) is 9.50 Å². The lowest BCUT2D eigenvalue weighted by atomic mass is 10.1. The lowest BCUT2D eigenvalue weighted by Gasteiger charge is -2.29. The Morgan fingerprint density at radius 3 is 3.17 bits per heavy atom. The molecule has 0 aromatic carbocycles. The molecule has 3 rings (SSSR count). The quantitative estimate of drug-likeness (QED) is 0.850. The SMILES string of the molecule is CN1CCCC(Oc2ccc3ncc(Br)n3n2)C1. The molecule has 96 valence electrons. The van der Waals surface area contributed by atoms with Gasteiger partial charge < -0.3 is 9.64 Å². The molecule has 5 nitrogen and oxygen atoms in total. The third-order valence-corrected chi connectivity index (χ3v) is 3.71. The van der Waals surface area contributed by atoms with Crippen LogP contribution < -0.4 is 4.74 Å². The number of piperidine rings is 1. The highest BCUT2D eigenvalue weighted by molar-refractivity contribution is 9.10. The van der Waals surface area contributed by atoms with E-state index in [1.54, 1.807) is 10.7 Å². The third kappa shape index (κ3) is 2.35. The molecular formula is C12H15BrN4O. The van der Waals surface area contributed by atoms with Crippen molar-refractivity contribution in [2.75, 3.05) is 20.1 Å². The summed E-state index contributed by atoms with van der Waals surface area (Å²) >= 11 is 3.41. The number of likely N-dealkylation sites (tertiary alicyclic amines) is 1. The molecule has 1 fully saturated rings. The summed E-state index contributed by atoms with van der Waals surface area (Å²) in [6.45, 7) is 2.12. The molecule has 6 heteroatoms. The minimum absolute atomic E-state index is 0.232. The first-order chi connectivity index (χ1) is 8.72. The number of rotatable bonds is 2. The number of nitrogens with zero attached hydrogens (tertiary/aromatic N) is 4. The summed E-state index contributed by atoms with van der Waals surface area (Å²) in [6, 6.07) is 3.79. The van der Waals surface area contributed by atoms with Crippen molar-refractivity contribution in [3.05, 3.63) is 22.9 Å². The van der Waals surface area contributed by atoms with E-state index in [9.17, 15) is 0 Å². The van der Waals surface area contributed by atoms with E-state index < -0.39 is 0 Å². The summed E-state index contributed by atoms with van der Waals surface area (Å²) in [5, 5.41) is 4.42. The number of aromatic nitrogens is 3. The summed E-state index contributed by atoms with van der Waals surface area (Å²) in [4.78, 5) is 6.50. The summed E-state index contributed by atoms with van der Waals surface area (Å²) < 4.78 is 8.51. The number of hydrogen-bond acceptors (Lipinski definition) is 4. The van der Waals surface area contributed by atoms with Gasteiger partial charge >= 0.3 is 0 Å². The zero-order valence-corrected chi connectivity index (χ0v) is 11.8. The van der Waals surface area contributed by atoms with Crippen LogP contribution in [0.15, 0.2) is 22.9 Å². The van der Waals surface area contributed by atoms with Crippen LogP contribution in [0.2, 0.25) is 0 Å². The Labute approximate surface area is 114 Å². The van der Waals surface area contributed by atoms with Crippen molar-refractivity contribution in [3.63, 3.8) is 0 Å². The molecule has 2 aromatic heterocycles. The fraction of sp³-hybridized carbons (Fsp3) is 0.500. The Bertz CT molecular complexity index is 556. The van der Waals surface area contributed by atoms with Crippen LogP contribution in [0.5, 0.6) is 5.88 Å². The van der Waals surface area contributed by atoms with E-state index in [-0.39, 0.29) is 6.10 Å². The second-order valence-electron chi connectivity index (χ2n) is 4.67. The zero-order chi connectivity index (χ0) is 12.5. The van der Waals surface area contributed by atoms with Crippen molar-refractivity contribution in [1.29, 1.82) is 0 Å². The molecule has 0 spiro atoms. The molecule has 2 aromatic rings. The molecule has 3 heterocycles. The second kappa shape index (κ2) is 4.85. The number of hydrogen-bond donors (Lipinski definition) is 0. The predicted octanol–water partition coefficient (Wildman–Crippen LogP) is 1.96. The largest absolute Gasteiger partial charge is 0.472 e. The number of fused-ring (bicyclic) bond motifs is 1. The normalized spacial score (nSPS) is 21.3. The van der Waals surface area contributed by atoms with Crippen LogP contribution in [0.1, 0.15) is 12.8 Å². The first-order valence-electron chi connectivity index (χ1n) is 6.08. The zero-order valence-electron chi connectivity index (χ0n) is 10.2. The van der Waals surface area contributed by atoms with Gasteiger partial charge in [-0.15, -0.1) is 5.10 Å². The van der Waals surface area contributed by atoms with Crippen molar-refractivity contribution in [2.45, 2.75) is 18.9 Å². The van der Waals surface area contributed by atoms with Gasteiger partial charge in [-0.1, -0.05) is 0 Å². The Morgan fingerprint density at radius 2 is 2.33 bits per heavy atom. The molecule has 1 aliphatic rings. The van der Waals surface area contributed by atoms with E-state index in [0.717, 1.165) is 29.8 Å². The van der Waals surface area contributed by atoms with E-state index in [1.807, 2.05) is 12.1 Å². The van der Waals surface area contributed by atoms with Crippen molar-refractivity contribution >= 4 is 21.6 Å². The molecular weight excluding hydrogens is 296 g/mol. The summed E-state index contributed by atoms with van der Waals surface area (Å²) in [6.07, 6.45) is 4.24. The van der Waals surface area contributed by atoms with Gasteiger partial charge in [-0.05, 0) is 48.4 Å². The third-order valence-electron chi connectivity index (χ3n) is 3.16. The number of imidazole rings is 1. The number of ether oxygens (including phenoxy) is 1. The topological polar surface area (TPSA) is 42.7 Å². The molecule has 1 aliphatic heterocycles. The minimum Gasteiger partial charge on any atom is -0.472 e. The Hall–Kier alpha value is -1.14. The lowest BCUT2D eigenvalue weighted by Crippen LogP contribution is -2.38. The highest BCUT2D eigenvalue weighted by atomic mass is 79.9.